The van der Waals surface area contributed by atoms with Gasteiger partial charge in [-0.3, -0.25) is 0 Å². The van der Waals surface area contributed by atoms with Crippen molar-refractivity contribution in [2.75, 3.05) is 26.4 Å². The maximum atomic E-state index is 9.00. The molecular weight excluding hydrogens is 352 g/mol. The Balaban J connectivity index is -0.000000147. The van der Waals surface area contributed by atoms with E-state index in [0.717, 1.165) is 12.8 Å². The van der Waals surface area contributed by atoms with Crippen molar-refractivity contribution >= 4 is 0 Å². The summed E-state index contributed by atoms with van der Waals surface area (Å²) in [4.78, 5) is 0. The maximum Gasteiger partial charge on any atom is 0.126 e. The molecule has 2 unspecified atom stereocenters. The van der Waals surface area contributed by atoms with Crippen LogP contribution in [0.2, 0.25) is 0 Å². The molecule has 0 radical (unpaired) electrons. The normalized spacial score (nSPS) is 13.4. The summed E-state index contributed by atoms with van der Waals surface area (Å²) in [7, 11) is 0. The summed E-state index contributed by atoms with van der Waals surface area (Å²) in [5.41, 5.74) is -1.20. The molecule has 4 heteroatoms. The van der Waals surface area contributed by atoms with Crippen LogP contribution in [-0.2, 0) is 9.47 Å². The third kappa shape index (κ3) is 21.7. The summed E-state index contributed by atoms with van der Waals surface area (Å²) >= 11 is 0. The first-order chi connectivity index (χ1) is 10.2. The molecule has 0 saturated carbocycles. The largest absolute Gasteiger partial charge is 0.394 e. The van der Waals surface area contributed by atoms with Gasteiger partial charge < -0.3 is 19.7 Å². The third-order valence-corrected chi connectivity index (χ3v) is 3.21. The number of ether oxygens (including phenoxy) is 2. The average Bonchev–Trinajstić information content (AvgIpc) is 2.40. The minimum absolute atomic E-state index is 0. The van der Waals surface area contributed by atoms with Gasteiger partial charge in [-0.15, -0.1) is 0 Å². The van der Waals surface area contributed by atoms with Crippen LogP contribution in [0.5, 0.6) is 0 Å². The fourth-order valence-electron chi connectivity index (χ4n) is 2.66. The second-order valence-corrected chi connectivity index (χ2v) is 7.05. The highest BCUT2D eigenvalue weighted by Gasteiger charge is 2.28. The zero-order chi connectivity index (χ0) is 17.2. The van der Waals surface area contributed by atoms with Crippen molar-refractivity contribution in [3.63, 3.8) is 0 Å². The molecular formula is C24H58O4. The van der Waals surface area contributed by atoms with E-state index in [-0.39, 0.29) is 71.0 Å². The molecule has 0 amide bonds. The Kier molecular flexibility index (Phi) is 37.2. The molecule has 0 rings (SSSR count). The fourth-order valence-corrected chi connectivity index (χ4v) is 2.66. The monoisotopic (exact) mass is 410 g/mol. The lowest BCUT2D eigenvalue weighted by Crippen LogP contribution is -2.34. The summed E-state index contributed by atoms with van der Waals surface area (Å²) in [6.45, 7) is 12.9. The Labute approximate surface area is 180 Å². The summed E-state index contributed by atoms with van der Waals surface area (Å²) in [5.74, 6) is 7.33. The molecule has 0 saturated heterocycles. The summed E-state index contributed by atoms with van der Waals surface area (Å²) in [6, 6.07) is 0. The van der Waals surface area contributed by atoms with Crippen molar-refractivity contribution in [3.8, 4) is 11.8 Å². The van der Waals surface area contributed by atoms with Gasteiger partial charge in [-0.1, -0.05) is 84.1 Å². The van der Waals surface area contributed by atoms with E-state index in [1.54, 1.807) is 0 Å². The van der Waals surface area contributed by atoms with Crippen molar-refractivity contribution < 1.29 is 19.7 Å². The van der Waals surface area contributed by atoms with E-state index in [1.165, 1.54) is 0 Å². The SMILES string of the molecule is C.C.C.C.C.C.CC(C)CC(C)(C#CC(C)(CC(C)C)OCCO)OCCO. The molecule has 0 aliphatic carbocycles. The van der Waals surface area contributed by atoms with E-state index in [2.05, 4.69) is 39.5 Å². The maximum absolute atomic E-state index is 9.00. The Morgan fingerprint density at radius 2 is 0.893 bits per heavy atom. The van der Waals surface area contributed by atoms with Crippen LogP contribution < -0.4 is 0 Å². The molecule has 0 aliphatic heterocycles. The first kappa shape index (κ1) is 45.9. The lowest BCUT2D eigenvalue weighted by Gasteiger charge is -2.29. The van der Waals surface area contributed by atoms with Crippen LogP contribution in [0, 0.1) is 23.7 Å². The summed E-state index contributed by atoms with van der Waals surface area (Å²) < 4.78 is 11.5. The molecule has 2 N–H and O–H groups in total. The molecule has 0 aromatic carbocycles. The zero-order valence-electron chi connectivity index (χ0n) is 15.1. The second kappa shape index (κ2) is 22.7. The van der Waals surface area contributed by atoms with Crippen molar-refractivity contribution in [2.24, 2.45) is 11.8 Å². The molecule has 0 fully saturated rings. The Morgan fingerprint density at radius 3 is 1.07 bits per heavy atom. The minimum atomic E-state index is -0.599. The number of hydrogen-bond donors (Lipinski definition) is 2. The molecule has 2 atom stereocenters. The van der Waals surface area contributed by atoms with Gasteiger partial charge in [0.2, 0.25) is 0 Å². The third-order valence-electron chi connectivity index (χ3n) is 3.21. The van der Waals surface area contributed by atoms with Gasteiger partial charge in [0.05, 0.1) is 26.4 Å². The van der Waals surface area contributed by atoms with Crippen molar-refractivity contribution in [1.82, 2.24) is 0 Å². The van der Waals surface area contributed by atoms with Crippen LogP contribution in [-0.4, -0.2) is 47.8 Å². The van der Waals surface area contributed by atoms with Gasteiger partial charge in [-0.25, -0.2) is 0 Å². The molecule has 0 heterocycles. The Morgan fingerprint density at radius 1 is 0.643 bits per heavy atom. The van der Waals surface area contributed by atoms with Crippen LogP contribution in [0.3, 0.4) is 0 Å². The highest BCUT2D eigenvalue weighted by molar-refractivity contribution is 5.20. The second-order valence-electron chi connectivity index (χ2n) is 7.05. The van der Waals surface area contributed by atoms with Gasteiger partial charge in [0.15, 0.2) is 0 Å². The van der Waals surface area contributed by atoms with Crippen LogP contribution in [0.15, 0.2) is 0 Å². The Bertz CT molecular complexity index is 325. The van der Waals surface area contributed by atoms with E-state index in [4.69, 9.17) is 19.7 Å². The van der Waals surface area contributed by atoms with E-state index in [1.807, 2.05) is 13.8 Å². The van der Waals surface area contributed by atoms with Gasteiger partial charge in [0.25, 0.3) is 0 Å². The van der Waals surface area contributed by atoms with Gasteiger partial charge in [-0.05, 0) is 38.5 Å². The van der Waals surface area contributed by atoms with E-state index < -0.39 is 11.2 Å². The molecule has 0 bridgehead atoms. The first-order valence-corrected chi connectivity index (χ1v) is 8.20. The number of rotatable bonds is 10. The molecule has 0 spiro atoms. The van der Waals surface area contributed by atoms with Crippen molar-refractivity contribution in [2.45, 2.75) is 110 Å². The number of aliphatic hydroxyl groups is 2. The lowest BCUT2D eigenvalue weighted by molar-refractivity contribution is -0.0255. The standard InChI is InChI=1S/C18H34O4.6CH4/c1-15(2)13-17(5,21-11-9-19)7-8-18(6,14-16(3)4)22-12-10-20;;;;;;/h15-16,19-20H,9-14H2,1-6H3;6*1H4. The van der Waals surface area contributed by atoms with Gasteiger partial charge in [-0.2, -0.15) is 0 Å². The molecule has 0 aromatic heterocycles. The first-order valence-electron chi connectivity index (χ1n) is 8.20. The predicted molar refractivity (Wildman–Crippen MR) is 130 cm³/mol. The summed E-state index contributed by atoms with van der Waals surface area (Å²) in [5, 5.41) is 18.0. The van der Waals surface area contributed by atoms with Gasteiger partial charge in [0, 0.05) is 0 Å². The highest BCUT2D eigenvalue weighted by atomic mass is 16.5. The smallest absolute Gasteiger partial charge is 0.126 e. The number of hydrogen-bond acceptors (Lipinski definition) is 4. The predicted octanol–water partition coefficient (Wildman–Crippen LogP) is 6.43. The van der Waals surface area contributed by atoms with Crippen molar-refractivity contribution in [3.05, 3.63) is 0 Å². The zero-order valence-corrected chi connectivity index (χ0v) is 15.1. The molecule has 4 nitrogen and oxygen atoms in total. The van der Waals surface area contributed by atoms with Crippen molar-refractivity contribution in [1.29, 1.82) is 0 Å². The van der Waals surface area contributed by atoms with E-state index >= 15 is 0 Å². The van der Waals surface area contributed by atoms with Crippen LogP contribution >= 0.6 is 0 Å². The minimum Gasteiger partial charge on any atom is -0.394 e. The lowest BCUT2D eigenvalue weighted by atomic mass is 9.90. The molecule has 0 aromatic rings. The molecule has 178 valence electrons. The average molecular weight is 411 g/mol. The van der Waals surface area contributed by atoms with Crippen LogP contribution in [0.4, 0.5) is 0 Å². The van der Waals surface area contributed by atoms with E-state index in [0.29, 0.717) is 11.8 Å². The number of aliphatic hydroxyl groups excluding tert-OH is 2. The van der Waals surface area contributed by atoms with Gasteiger partial charge in [0.1, 0.15) is 11.2 Å². The Hall–Kier alpha value is -0.600. The molecule has 28 heavy (non-hydrogen) atoms. The highest BCUT2D eigenvalue weighted by Crippen LogP contribution is 2.24. The topological polar surface area (TPSA) is 58.9 Å². The quantitative estimate of drug-likeness (QED) is 0.407. The summed E-state index contributed by atoms with van der Waals surface area (Å²) in [6.07, 6.45) is 1.58. The van der Waals surface area contributed by atoms with Gasteiger partial charge >= 0.3 is 0 Å². The van der Waals surface area contributed by atoms with Crippen LogP contribution in [0.1, 0.15) is 98.9 Å². The van der Waals surface area contributed by atoms with E-state index in [9.17, 15) is 0 Å². The van der Waals surface area contributed by atoms with Crippen LogP contribution in [0.25, 0.3) is 0 Å². The fraction of sp³-hybridized carbons (Fsp3) is 0.917. The molecule has 0 aliphatic rings.